The third-order valence-corrected chi connectivity index (χ3v) is 8.19. The number of hydrogen-bond acceptors (Lipinski definition) is 4. The van der Waals surface area contributed by atoms with E-state index in [9.17, 15) is 14.4 Å². The maximum Gasteiger partial charge on any atom is 0.238 e. The van der Waals surface area contributed by atoms with Gasteiger partial charge in [-0.1, -0.05) is 70.0 Å². The number of nitrogens with one attached hydrogen (secondary N) is 1. The highest BCUT2D eigenvalue weighted by molar-refractivity contribution is 9.10. The van der Waals surface area contributed by atoms with Gasteiger partial charge in [-0.05, 0) is 54.4 Å². The van der Waals surface area contributed by atoms with Gasteiger partial charge in [0.15, 0.2) is 11.6 Å². The average Bonchev–Trinajstić information content (AvgIpc) is 3.32. The Hall–Kier alpha value is -3.22. The van der Waals surface area contributed by atoms with E-state index in [1.807, 2.05) is 53.5 Å². The molecule has 3 aromatic carbocycles. The second kappa shape index (κ2) is 7.90. The summed E-state index contributed by atoms with van der Waals surface area (Å²) in [5.41, 5.74) is 2.22. The topological polar surface area (TPSA) is 66.5 Å². The SMILES string of the molecule is CC(=O)[C@@H]1[C@H](C(=O)c2ccc(Br)cc2)[C@@]2(C(=O)Nc3ccccc32)[C@H]2C=Cc3cc(Cl)ccc3N12. The molecule has 4 atom stereocenters. The van der Waals surface area contributed by atoms with E-state index in [0.29, 0.717) is 16.3 Å². The lowest BCUT2D eigenvalue weighted by molar-refractivity contribution is -0.122. The van der Waals surface area contributed by atoms with Crippen molar-refractivity contribution in [3.63, 3.8) is 0 Å². The van der Waals surface area contributed by atoms with Gasteiger partial charge in [0.05, 0.1) is 18.0 Å². The summed E-state index contributed by atoms with van der Waals surface area (Å²) in [5, 5.41) is 3.59. The molecule has 35 heavy (non-hydrogen) atoms. The van der Waals surface area contributed by atoms with Crippen molar-refractivity contribution >= 4 is 62.5 Å². The molecule has 1 fully saturated rings. The van der Waals surface area contributed by atoms with Crippen molar-refractivity contribution in [1.29, 1.82) is 0 Å². The van der Waals surface area contributed by atoms with Crippen molar-refractivity contribution < 1.29 is 14.4 Å². The summed E-state index contributed by atoms with van der Waals surface area (Å²) in [7, 11) is 0. The fourth-order valence-corrected chi connectivity index (χ4v) is 6.54. The molecule has 7 heteroatoms. The number of nitrogens with zero attached hydrogens (tertiary/aromatic N) is 1. The van der Waals surface area contributed by atoms with E-state index in [0.717, 1.165) is 21.3 Å². The van der Waals surface area contributed by atoms with E-state index in [4.69, 9.17) is 11.6 Å². The molecule has 0 bridgehead atoms. The van der Waals surface area contributed by atoms with E-state index < -0.39 is 23.4 Å². The molecule has 3 heterocycles. The zero-order valence-electron chi connectivity index (χ0n) is 18.7. The minimum Gasteiger partial charge on any atom is -0.352 e. The van der Waals surface area contributed by atoms with E-state index in [-0.39, 0.29) is 17.5 Å². The Morgan fingerprint density at radius 1 is 1.06 bits per heavy atom. The molecule has 1 saturated heterocycles. The van der Waals surface area contributed by atoms with Crippen LogP contribution in [0.4, 0.5) is 11.4 Å². The number of fused-ring (bicyclic) bond motifs is 6. The first-order valence-electron chi connectivity index (χ1n) is 11.3. The molecule has 3 aliphatic rings. The molecule has 0 radical (unpaired) electrons. The van der Waals surface area contributed by atoms with Gasteiger partial charge in [-0.3, -0.25) is 14.4 Å². The second-order valence-corrected chi connectivity index (χ2v) is 10.5. The predicted octanol–water partition coefficient (Wildman–Crippen LogP) is 5.66. The molecule has 1 N–H and O–H groups in total. The standard InChI is InChI=1S/C28H20BrClN2O3/c1-15(33)25-24(26(34)16-6-9-18(29)10-7-16)28(20-4-2-3-5-21(20)31-27(28)35)23-13-8-17-14-19(30)11-12-22(17)32(23)25/h2-14,23-25H,1H3,(H,31,35)/t23-,24-,25-,28+/m1/s1. The van der Waals surface area contributed by atoms with Crippen LogP contribution in [0.15, 0.2) is 77.3 Å². The van der Waals surface area contributed by atoms with Crippen LogP contribution in [-0.2, 0) is 15.0 Å². The molecule has 1 amide bonds. The van der Waals surface area contributed by atoms with Crippen LogP contribution in [0.25, 0.3) is 6.08 Å². The Bertz CT molecular complexity index is 1450. The molecule has 0 aromatic heterocycles. The fraction of sp³-hybridized carbons (Fsp3) is 0.179. The van der Waals surface area contributed by atoms with Crippen molar-refractivity contribution in [3.05, 3.63) is 99.0 Å². The van der Waals surface area contributed by atoms with Crippen molar-refractivity contribution in [1.82, 2.24) is 0 Å². The lowest BCUT2D eigenvalue weighted by Crippen LogP contribution is -2.51. The van der Waals surface area contributed by atoms with E-state index in [1.165, 1.54) is 6.92 Å². The summed E-state index contributed by atoms with van der Waals surface area (Å²) in [6, 6.07) is 18.6. The molecule has 0 unspecified atom stereocenters. The number of amides is 1. The molecule has 3 aromatic rings. The Kier molecular flexibility index (Phi) is 5.02. The molecule has 6 rings (SSSR count). The molecular formula is C28H20BrClN2O3. The first-order valence-corrected chi connectivity index (χ1v) is 12.5. The summed E-state index contributed by atoms with van der Waals surface area (Å²) in [6.45, 7) is 1.50. The quantitative estimate of drug-likeness (QED) is 0.430. The van der Waals surface area contributed by atoms with Gasteiger partial charge < -0.3 is 10.2 Å². The number of carbonyl (C=O) groups is 3. The van der Waals surface area contributed by atoms with Crippen LogP contribution in [0.1, 0.15) is 28.4 Å². The van der Waals surface area contributed by atoms with Crippen LogP contribution < -0.4 is 10.2 Å². The van der Waals surface area contributed by atoms with Gasteiger partial charge >= 0.3 is 0 Å². The highest BCUT2D eigenvalue weighted by atomic mass is 79.9. The van der Waals surface area contributed by atoms with Crippen molar-refractivity contribution in [2.75, 3.05) is 10.2 Å². The number of carbonyl (C=O) groups excluding carboxylic acids is 3. The van der Waals surface area contributed by atoms with Crippen molar-refractivity contribution in [2.24, 2.45) is 5.92 Å². The summed E-state index contributed by atoms with van der Waals surface area (Å²) in [6.07, 6.45) is 3.87. The minimum atomic E-state index is -1.27. The number of Topliss-reactive ketones (excluding diaryl/α,β-unsaturated/α-hetero) is 2. The normalized spacial score (nSPS) is 25.7. The Balaban J connectivity index is 1.65. The molecule has 3 aliphatic heterocycles. The fourth-order valence-electron chi connectivity index (χ4n) is 6.10. The maximum atomic E-state index is 14.3. The molecule has 5 nitrogen and oxygen atoms in total. The van der Waals surface area contributed by atoms with Crippen LogP contribution in [-0.4, -0.2) is 29.6 Å². The van der Waals surface area contributed by atoms with Crippen LogP contribution in [0.2, 0.25) is 5.02 Å². The minimum absolute atomic E-state index is 0.171. The first kappa shape index (κ1) is 22.3. The van der Waals surface area contributed by atoms with Gasteiger partial charge in [0.25, 0.3) is 0 Å². The monoisotopic (exact) mass is 546 g/mol. The number of anilines is 2. The van der Waals surface area contributed by atoms with E-state index in [1.54, 1.807) is 30.3 Å². The van der Waals surface area contributed by atoms with Crippen molar-refractivity contribution in [2.45, 2.75) is 24.4 Å². The molecule has 174 valence electrons. The first-order chi connectivity index (χ1) is 16.8. The lowest BCUT2D eigenvalue weighted by atomic mass is 9.64. The number of ketones is 2. The average molecular weight is 548 g/mol. The Morgan fingerprint density at radius 2 is 1.80 bits per heavy atom. The molecule has 1 spiro atoms. The smallest absolute Gasteiger partial charge is 0.238 e. The Labute approximate surface area is 215 Å². The van der Waals surface area contributed by atoms with Gasteiger partial charge in [0.2, 0.25) is 5.91 Å². The van der Waals surface area contributed by atoms with Crippen LogP contribution in [0, 0.1) is 5.92 Å². The molecule has 0 saturated carbocycles. The van der Waals surface area contributed by atoms with E-state index >= 15 is 0 Å². The summed E-state index contributed by atoms with van der Waals surface area (Å²) in [4.78, 5) is 43.6. The van der Waals surface area contributed by atoms with Gasteiger partial charge in [0.1, 0.15) is 5.41 Å². The largest absolute Gasteiger partial charge is 0.352 e. The van der Waals surface area contributed by atoms with Crippen LogP contribution in [0.3, 0.4) is 0 Å². The van der Waals surface area contributed by atoms with Crippen LogP contribution in [0.5, 0.6) is 0 Å². The number of halogens is 2. The van der Waals surface area contributed by atoms with Gasteiger partial charge in [0, 0.05) is 26.4 Å². The predicted molar refractivity (Wildman–Crippen MR) is 140 cm³/mol. The summed E-state index contributed by atoms with van der Waals surface area (Å²) in [5.74, 6) is -1.60. The summed E-state index contributed by atoms with van der Waals surface area (Å²) < 4.78 is 0.841. The van der Waals surface area contributed by atoms with Gasteiger partial charge in [-0.2, -0.15) is 0 Å². The van der Waals surface area contributed by atoms with Crippen LogP contribution >= 0.6 is 27.5 Å². The second-order valence-electron chi connectivity index (χ2n) is 9.19. The number of hydrogen-bond donors (Lipinski definition) is 1. The molecule has 0 aliphatic carbocycles. The highest BCUT2D eigenvalue weighted by Gasteiger charge is 2.69. The third-order valence-electron chi connectivity index (χ3n) is 7.42. The highest BCUT2D eigenvalue weighted by Crippen LogP contribution is 2.57. The third kappa shape index (κ3) is 3.03. The number of benzene rings is 3. The number of para-hydroxylation sites is 1. The Morgan fingerprint density at radius 3 is 2.54 bits per heavy atom. The molecular weight excluding hydrogens is 528 g/mol. The summed E-state index contributed by atoms with van der Waals surface area (Å²) >= 11 is 9.68. The zero-order valence-corrected chi connectivity index (χ0v) is 21.0. The van der Waals surface area contributed by atoms with Crippen molar-refractivity contribution in [3.8, 4) is 0 Å². The lowest BCUT2D eigenvalue weighted by Gasteiger charge is -2.37. The number of rotatable bonds is 3. The van der Waals surface area contributed by atoms with E-state index in [2.05, 4.69) is 21.2 Å². The maximum absolute atomic E-state index is 14.3. The zero-order chi connectivity index (χ0) is 24.5. The van der Waals surface area contributed by atoms with Gasteiger partial charge in [-0.25, -0.2) is 0 Å². The van der Waals surface area contributed by atoms with Gasteiger partial charge in [-0.15, -0.1) is 0 Å².